The molecule has 0 fully saturated rings. The minimum absolute atomic E-state index is 0.0582. The summed E-state index contributed by atoms with van der Waals surface area (Å²) in [6, 6.07) is -4.02. The number of nitrogens with one attached hydrogen (secondary N) is 2. The fraction of sp³-hybridized carbons (Fsp3) is 0.615. The number of carbonyl (C=O) groups excluding carboxylic acids is 4. The summed E-state index contributed by atoms with van der Waals surface area (Å²) >= 11 is 0. The van der Waals surface area contributed by atoms with Gasteiger partial charge in [-0.05, 0) is 12.8 Å². The Balaban J connectivity index is 4.71. The summed E-state index contributed by atoms with van der Waals surface area (Å²) in [6.45, 7) is -0.817. The molecule has 0 aliphatic rings. The molecule has 0 aliphatic heterocycles. The molecule has 0 saturated carbocycles. The topological polar surface area (TPSA) is 228 Å². The zero-order valence-corrected chi connectivity index (χ0v) is 13.4. The molecule has 4 amide bonds. The number of amides is 4. The van der Waals surface area contributed by atoms with E-state index in [0.29, 0.717) is 0 Å². The maximum Gasteiger partial charge on any atom is 0.326 e. The molecule has 0 rings (SSSR count). The van der Waals surface area contributed by atoms with Crippen LogP contribution in [0.3, 0.4) is 0 Å². The Hall–Kier alpha value is -2.73. The van der Waals surface area contributed by atoms with Crippen LogP contribution in [0.1, 0.15) is 25.7 Å². The van der Waals surface area contributed by atoms with E-state index in [9.17, 15) is 29.1 Å². The number of carboxylic acids is 1. The van der Waals surface area contributed by atoms with E-state index in [4.69, 9.17) is 22.3 Å². The molecule has 0 aliphatic carbocycles. The van der Waals surface area contributed by atoms with Crippen molar-refractivity contribution in [1.82, 2.24) is 10.6 Å². The number of primary amides is 2. The molecule has 0 aromatic carbocycles. The molecule has 0 aromatic heterocycles. The molecular weight excluding hydrogens is 338 g/mol. The highest BCUT2D eigenvalue weighted by Crippen LogP contribution is 2.00. The molecule has 12 nitrogen and oxygen atoms in total. The third kappa shape index (κ3) is 9.22. The Morgan fingerprint density at radius 2 is 1.32 bits per heavy atom. The van der Waals surface area contributed by atoms with Crippen molar-refractivity contribution in [2.24, 2.45) is 17.2 Å². The van der Waals surface area contributed by atoms with Gasteiger partial charge in [0.05, 0.1) is 12.6 Å². The van der Waals surface area contributed by atoms with Crippen LogP contribution >= 0.6 is 0 Å². The van der Waals surface area contributed by atoms with Crippen molar-refractivity contribution in [2.75, 3.05) is 6.61 Å². The van der Waals surface area contributed by atoms with E-state index in [1.165, 1.54) is 0 Å². The first-order valence-electron chi connectivity index (χ1n) is 7.35. The number of carbonyl (C=O) groups is 5. The van der Waals surface area contributed by atoms with Crippen molar-refractivity contribution in [3.63, 3.8) is 0 Å². The maximum absolute atomic E-state index is 12.0. The maximum atomic E-state index is 12.0. The molecule has 10 N–H and O–H groups in total. The van der Waals surface area contributed by atoms with Crippen LogP contribution in [0, 0.1) is 0 Å². The first-order chi connectivity index (χ1) is 11.6. The van der Waals surface area contributed by atoms with Crippen molar-refractivity contribution < 1.29 is 34.2 Å². The summed E-state index contributed by atoms with van der Waals surface area (Å²) in [7, 11) is 0. The van der Waals surface area contributed by atoms with Crippen molar-refractivity contribution in [3.05, 3.63) is 0 Å². The molecule has 0 radical (unpaired) electrons. The summed E-state index contributed by atoms with van der Waals surface area (Å²) in [4.78, 5) is 56.2. The third-order valence-electron chi connectivity index (χ3n) is 3.15. The van der Waals surface area contributed by atoms with Crippen molar-refractivity contribution in [3.8, 4) is 0 Å². The van der Waals surface area contributed by atoms with E-state index in [-0.39, 0.29) is 25.7 Å². The lowest BCUT2D eigenvalue weighted by Gasteiger charge is -2.21. The predicted molar refractivity (Wildman–Crippen MR) is 83.4 cm³/mol. The van der Waals surface area contributed by atoms with Crippen LogP contribution in [0.2, 0.25) is 0 Å². The smallest absolute Gasteiger partial charge is 0.326 e. The fourth-order valence-corrected chi connectivity index (χ4v) is 1.72. The Morgan fingerprint density at radius 1 is 0.840 bits per heavy atom. The second kappa shape index (κ2) is 10.9. The summed E-state index contributed by atoms with van der Waals surface area (Å²) in [5.41, 5.74) is 15.4. The van der Waals surface area contributed by atoms with Gasteiger partial charge < -0.3 is 38.0 Å². The second-order valence-electron chi connectivity index (χ2n) is 5.26. The quantitative estimate of drug-likeness (QED) is 0.180. The average molecular weight is 361 g/mol. The monoisotopic (exact) mass is 361 g/mol. The van der Waals surface area contributed by atoms with Gasteiger partial charge in [-0.15, -0.1) is 0 Å². The largest absolute Gasteiger partial charge is 0.480 e. The molecule has 0 bridgehead atoms. The SMILES string of the molecule is NC(=O)CCC(N)C(=O)NC(CO)C(=O)NC(CCC(N)=O)C(=O)O. The Kier molecular flexibility index (Phi) is 9.74. The normalized spacial score (nSPS) is 14.0. The summed E-state index contributed by atoms with van der Waals surface area (Å²) in [6.07, 6.45) is -0.720. The van der Waals surface area contributed by atoms with Crippen LogP contribution in [-0.4, -0.2) is 64.5 Å². The minimum Gasteiger partial charge on any atom is -0.480 e. The van der Waals surface area contributed by atoms with E-state index >= 15 is 0 Å². The lowest BCUT2D eigenvalue weighted by atomic mass is 10.1. The van der Waals surface area contributed by atoms with Gasteiger partial charge in [0, 0.05) is 12.8 Å². The summed E-state index contributed by atoms with van der Waals surface area (Å²) in [5.74, 6) is -4.60. The number of aliphatic carboxylic acids is 1. The van der Waals surface area contributed by atoms with E-state index in [1.54, 1.807) is 0 Å². The molecule has 3 unspecified atom stereocenters. The Bertz CT molecular complexity index is 525. The number of aliphatic hydroxyl groups is 1. The van der Waals surface area contributed by atoms with E-state index in [1.807, 2.05) is 0 Å². The van der Waals surface area contributed by atoms with Crippen LogP contribution in [0.15, 0.2) is 0 Å². The van der Waals surface area contributed by atoms with Crippen molar-refractivity contribution in [2.45, 2.75) is 43.8 Å². The van der Waals surface area contributed by atoms with Gasteiger partial charge in [-0.3, -0.25) is 19.2 Å². The second-order valence-corrected chi connectivity index (χ2v) is 5.26. The van der Waals surface area contributed by atoms with Gasteiger partial charge in [0.2, 0.25) is 23.6 Å². The van der Waals surface area contributed by atoms with Gasteiger partial charge >= 0.3 is 5.97 Å². The van der Waals surface area contributed by atoms with Crippen LogP contribution in [0.5, 0.6) is 0 Å². The summed E-state index contributed by atoms with van der Waals surface area (Å²) < 4.78 is 0. The average Bonchev–Trinajstić information content (AvgIpc) is 2.52. The van der Waals surface area contributed by atoms with Gasteiger partial charge in [-0.2, -0.15) is 0 Å². The summed E-state index contributed by atoms with van der Waals surface area (Å²) in [5, 5.41) is 22.4. The van der Waals surface area contributed by atoms with E-state index in [2.05, 4.69) is 10.6 Å². The Labute approximate surface area is 143 Å². The fourth-order valence-electron chi connectivity index (χ4n) is 1.72. The van der Waals surface area contributed by atoms with Gasteiger partial charge in [0.1, 0.15) is 12.1 Å². The van der Waals surface area contributed by atoms with Gasteiger partial charge in [-0.25, -0.2) is 4.79 Å². The van der Waals surface area contributed by atoms with Gasteiger partial charge in [0.15, 0.2) is 0 Å². The lowest BCUT2D eigenvalue weighted by Crippen LogP contribution is -2.56. The molecule has 0 heterocycles. The molecule has 0 spiro atoms. The number of aliphatic hydroxyl groups excluding tert-OH is 1. The van der Waals surface area contributed by atoms with Crippen LogP contribution in [0.4, 0.5) is 0 Å². The standard InChI is InChI=1S/C13H23N5O7/c14-6(1-3-9(15)20)11(22)18-8(5-19)12(23)17-7(13(24)25)2-4-10(16)21/h6-8,19H,1-5,14H2,(H2,15,20)(H2,16,21)(H,17,23)(H,18,22)(H,24,25). The highest BCUT2D eigenvalue weighted by molar-refractivity contribution is 5.92. The number of nitrogens with two attached hydrogens (primary N) is 3. The molecule has 25 heavy (non-hydrogen) atoms. The van der Waals surface area contributed by atoms with E-state index < -0.39 is 54.3 Å². The highest BCUT2D eigenvalue weighted by Gasteiger charge is 2.27. The molecule has 3 atom stereocenters. The lowest BCUT2D eigenvalue weighted by molar-refractivity contribution is -0.142. The van der Waals surface area contributed by atoms with Gasteiger partial charge in [0.25, 0.3) is 0 Å². The first kappa shape index (κ1) is 22.3. The third-order valence-corrected chi connectivity index (χ3v) is 3.15. The minimum atomic E-state index is -1.46. The van der Waals surface area contributed by atoms with Gasteiger partial charge in [-0.1, -0.05) is 0 Å². The first-order valence-corrected chi connectivity index (χ1v) is 7.35. The van der Waals surface area contributed by atoms with E-state index in [0.717, 1.165) is 0 Å². The number of carboxylic acid groups (broad SMARTS) is 1. The molecular formula is C13H23N5O7. The van der Waals surface area contributed by atoms with Crippen LogP contribution < -0.4 is 27.8 Å². The zero-order chi connectivity index (χ0) is 19.6. The molecule has 12 heteroatoms. The Morgan fingerprint density at radius 3 is 1.76 bits per heavy atom. The number of rotatable bonds is 12. The predicted octanol–water partition coefficient (Wildman–Crippen LogP) is -4.11. The molecule has 0 saturated heterocycles. The highest BCUT2D eigenvalue weighted by atomic mass is 16.4. The van der Waals surface area contributed by atoms with Crippen LogP contribution in [0.25, 0.3) is 0 Å². The zero-order valence-electron chi connectivity index (χ0n) is 13.4. The number of hydrogen-bond acceptors (Lipinski definition) is 7. The number of hydrogen-bond donors (Lipinski definition) is 7. The molecule has 142 valence electrons. The van der Waals surface area contributed by atoms with Crippen LogP contribution in [-0.2, 0) is 24.0 Å². The van der Waals surface area contributed by atoms with Crippen molar-refractivity contribution >= 4 is 29.6 Å². The van der Waals surface area contributed by atoms with Crippen molar-refractivity contribution in [1.29, 1.82) is 0 Å². The molecule has 0 aromatic rings.